The van der Waals surface area contributed by atoms with Gasteiger partial charge in [0.05, 0.1) is 5.69 Å². The molecule has 200 valence electrons. The molecule has 4 aliphatic rings. The largest absolute Gasteiger partial charge is 0.369 e. The minimum atomic E-state index is -0.194. The Kier molecular flexibility index (Phi) is 8.61. The van der Waals surface area contributed by atoms with Crippen LogP contribution in [0, 0.1) is 24.1 Å². The van der Waals surface area contributed by atoms with E-state index in [9.17, 15) is 9.18 Å². The molecule has 1 aliphatic carbocycles. The summed E-state index contributed by atoms with van der Waals surface area (Å²) in [5.74, 6) is 0.645. The molecule has 0 unspecified atom stereocenters. The zero-order valence-electron chi connectivity index (χ0n) is 22.1. The number of aldehydes is 1. The highest BCUT2D eigenvalue weighted by Gasteiger charge is 2.39. The molecular formula is C29H45FN4OS. The smallest absolute Gasteiger partial charge is 0.150 e. The Morgan fingerprint density at radius 2 is 1.64 bits per heavy atom. The number of piperidine rings is 3. The van der Waals surface area contributed by atoms with Gasteiger partial charge in [-0.3, -0.25) is 9.10 Å². The lowest BCUT2D eigenvalue weighted by Crippen LogP contribution is -2.44. The molecule has 36 heavy (non-hydrogen) atoms. The molecule has 1 aromatic rings. The van der Waals surface area contributed by atoms with Crippen molar-refractivity contribution in [3.63, 3.8) is 0 Å². The Morgan fingerprint density at radius 3 is 2.28 bits per heavy atom. The second-order valence-corrected chi connectivity index (χ2v) is 13.5. The van der Waals surface area contributed by atoms with Crippen LogP contribution in [0.4, 0.5) is 10.1 Å². The first kappa shape index (κ1) is 26.5. The van der Waals surface area contributed by atoms with Gasteiger partial charge in [-0.1, -0.05) is 11.9 Å². The van der Waals surface area contributed by atoms with Crippen LogP contribution in [0.2, 0.25) is 0 Å². The summed E-state index contributed by atoms with van der Waals surface area (Å²) in [5.41, 5.74) is 8.44. The van der Waals surface area contributed by atoms with Gasteiger partial charge in [-0.05, 0) is 113 Å². The number of halogens is 1. The Hall–Kier alpha value is -1.15. The molecule has 1 spiro atoms. The molecule has 1 saturated carbocycles. The lowest BCUT2D eigenvalue weighted by Gasteiger charge is -2.47. The number of nitrogens with zero attached hydrogens (tertiary/aromatic N) is 3. The highest BCUT2D eigenvalue weighted by molar-refractivity contribution is 7.97. The van der Waals surface area contributed by atoms with Crippen molar-refractivity contribution in [2.24, 2.45) is 17.1 Å². The van der Waals surface area contributed by atoms with Crippen molar-refractivity contribution < 1.29 is 9.18 Å². The number of carbonyl (C=O) groups is 1. The lowest BCUT2D eigenvalue weighted by atomic mass is 9.65. The van der Waals surface area contributed by atoms with Crippen molar-refractivity contribution in [2.75, 3.05) is 50.7 Å². The third-order valence-electron chi connectivity index (χ3n) is 9.64. The van der Waals surface area contributed by atoms with Crippen LogP contribution in [0.1, 0.15) is 80.1 Å². The molecular weight excluding hydrogens is 471 g/mol. The van der Waals surface area contributed by atoms with Gasteiger partial charge in [0.15, 0.2) is 0 Å². The fraction of sp³-hybridized carbons (Fsp3) is 0.759. The van der Waals surface area contributed by atoms with E-state index in [0.29, 0.717) is 28.3 Å². The molecule has 3 aliphatic heterocycles. The number of hydrogen-bond donors (Lipinski definition) is 1. The van der Waals surface area contributed by atoms with E-state index in [1.165, 1.54) is 64.2 Å². The molecule has 7 heteroatoms. The highest BCUT2D eigenvalue weighted by Crippen LogP contribution is 2.47. The zero-order valence-corrected chi connectivity index (χ0v) is 22.9. The van der Waals surface area contributed by atoms with Crippen LogP contribution in [0.3, 0.4) is 0 Å². The maximum Gasteiger partial charge on any atom is 0.150 e. The molecule has 5 rings (SSSR count). The van der Waals surface area contributed by atoms with E-state index in [0.717, 1.165) is 69.3 Å². The number of likely N-dealkylation sites (tertiary alicyclic amines) is 1. The quantitative estimate of drug-likeness (QED) is 0.411. The zero-order chi connectivity index (χ0) is 25.1. The van der Waals surface area contributed by atoms with Gasteiger partial charge in [0.2, 0.25) is 0 Å². The van der Waals surface area contributed by atoms with Crippen molar-refractivity contribution in [3.05, 3.63) is 29.1 Å². The van der Waals surface area contributed by atoms with Crippen LogP contribution in [-0.4, -0.2) is 72.6 Å². The summed E-state index contributed by atoms with van der Waals surface area (Å²) < 4.78 is 17.2. The molecule has 0 amide bonds. The van der Waals surface area contributed by atoms with Crippen LogP contribution in [0.25, 0.3) is 0 Å². The molecule has 0 bridgehead atoms. The van der Waals surface area contributed by atoms with E-state index in [4.69, 9.17) is 5.73 Å². The monoisotopic (exact) mass is 516 g/mol. The average Bonchev–Trinajstić information content (AvgIpc) is 2.89. The summed E-state index contributed by atoms with van der Waals surface area (Å²) in [6.07, 6.45) is 13.4. The van der Waals surface area contributed by atoms with Crippen LogP contribution in [-0.2, 0) is 0 Å². The third-order valence-corrected chi connectivity index (χ3v) is 11.1. The Morgan fingerprint density at radius 1 is 0.972 bits per heavy atom. The third kappa shape index (κ3) is 6.28. The summed E-state index contributed by atoms with van der Waals surface area (Å²) in [7, 11) is 0. The van der Waals surface area contributed by atoms with E-state index in [2.05, 4.69) is 26.1 Å². The number of benzene rings is 1. The lowest BCUT2D eigenvalue weighted by molar-refractivity contribution is 0.0892. The molecule has 0 atom stereocenters. The van der Waals surface area contributed by atoms with Gasteiger partial charge in [0, 0.05) is 49.6 Å². The molecule has 3 heterocycles. The number of anilines is 1. The SMILES string of the molecule is Cc1cc(F)c(N2CCC3(CCC(CN4CCC(SN5CCC(N)CC5)CC4)CC3)CC2)cc1C=O. The molecule has 1 aromatic carbocycles. The summed E-state index contributed by atoms with van der Waals surface area (Å²) in [6, 6.07) is 3.68. The topological polar surface area (TPSA) is 52.8 Å². The Labute approximate surface area is 221 Å². The van der Waals surface area contributed by atoms with Crippen molar-refractivity contribution in [2.45, 2.75) is 82.4 Å². The average molecular weight is 517 g/mol. The van der Waals surface area contributed by atoms with E-state index >= 15 is 0 Å². The normalized spacial score (nSPS) is 25.5. The molecule has 0 radical (unpaired) electrons. The minimum Gasteiger partial charge on any atom is -0.369 e. The van der Waals surface area contributed by atoms with Crippen molar-refractivity contribution >= 4 is 23.9 Å². The van der Waals surface area contributed by atoms with Crippen LogP contribution >= 0.6 is 11.9 Å². The van der Waals surface area contributed by atoms with Crippen LogP contribution < -0.4 is 10.6 Å². The molecule has 3 saturated heterocycles. The van der Waals surface area contributed by atoms with Gasteiger partial charge in [0.25, 0.3) is 0 Å². The van der Waals surface area contributed by atoms with Gasteiger partial charge < -0.3 is 15.5 Å². The number of carbonyl (C=O) groups excluding carboxylic acids is 1. The van der Waals surface area contributed by atoms with E-state index < -0.39 is 0 Å². The first-order valence-electron chi connectivity index (χ1n) is 14.3. The summed E-state index contributed by atoms with van der Waals surface area (Å²) >= 11 is 2.11. The summed E-state index contributed by atoms with van der Waals surface area (Å²) in [5, 5.41) is 0.788. The predicted molar refractivity (Wildman–Crippen MR) is 148 cm³/mol. The van der Waals surface area contributed by atoms with Gasteiger partial charge in [-0.2, -0.15) is 0 Å². The van der Waals surface area contributed by atoms with Gasteiger partial charge in [0.1, 0.15) is 12.1 Å². The highest BCUT2D eigenvalue weighted by atomic mass is 32.2. The fourth-order valence-corrected chi connectivity index (χ4v) is 8.26. The molecule has 4 fully saturated rings. The van der Waals surface area contributed by atoms with Gasteiger partial charge in [-0.15, -0.1) is 0 Å². The maximum atomic E-state index is 14.6. The molecule has 0 aromatic heterocycles. The van der Waals surface area contributed by atoms with Crippen molar-refractivity contribution in [1.82, 2.24) is 9.21 Å². The van der Waals surface area contributed by atoms with Gasteiger partial charge >= 0.3 is 0 Å². The summed E-state index contributed by atoms with van der Waals surface area (Å²) in [6.45, 7) is 9.71. The Bertz CT molecular complexity index is 880. The summed E-state index contributed by atoms with van der Waals surface area (Å²) in [4.78, 5) is 16.2. The molecule has 2 N–H and O–H groups in total. The maximum absolute atomic E-state index is 14.6. The van der Waals surface area contributed by atoms with Crippen LogP contribution in [0.5, 0.6) is 0 Å². The fourth-order valence-electron chi connectivity index (χ4n) is 7.00. The number of hydrogen-bond acceptors (Lipinski definition) is 6. The van der Waals surface area contributed by atoms with E-state index in [1.807, 2.05) is 0 Å². The minimum absolute atomic E-state index is 0.194. The molecule has 5 nitrogen and oxygen atoms in total. The standard InChI is InChI=1S/C29H45FN4OS/c1-22-18-27(30)28(19-24(22)21-35)33-16-10-29(11-17-33)8-2-23(3-9-29)20-32-12-6-26(7-13-32)36-34-14-4-25(31)5-15-34/h18-19,21,23,25-26H,2-17,20,31H2,1H3. The second-order valence-electron chi connectivity index (χ2n) is 12.1. The number of nitrogens with two attached hydrogens (primary N) is 1. The van der Waals surface area contributed by atoms with Gasteiger partial charge in [-0.25, -0.2) is 4.39 Å². The second kappa shape index (κ2) is 11.7. The predicted octanol–water partition coefficient (Wildman–Crippen LogP) is 5.26. The van der Waals surface area contributed by atoms with Crippen LogP contribution in [0.15, 0.2) is 12.1 Å². The number of aryl methyl sites for hydroxylation is 1. The van der Waals surface area contributed by atoms with Crippen molar-refractivity contribution in [1.29, 1.82) is 0 Å². The first-order valence-corrected chi connectivity index (χ1v) is 15.2. The number of rotatable bonds is 6. The van der Waals surface area contributed by atoms with E-state index in [1.54, 1.807) is 13.0 Å². The van der Waals surface area contributed by atoms with Crippen molar-refractivity contribution in [3.8, 4) is 0 Å². The Balaban J connectivity index is 1.03. The first-order chi connectivity index (χ1) is 17.4. The van der Waals surface area contributed by atoms with E-state index in [-0.39, 0.29) is 5.82 Å².